The number of aliphatic carboxylic acids is 1. The van der Waals surface area contributed by atoms with E-state index in [1.807, 2.05) is 6.92 Å². The van der Waals surface area contributed by atoms with Gasteiger partial charge in [-0.15, -0.1) is 11.3 Å². The third-order valence-corrected chi connectivity index (χ3v) is 5.25. The van der Waals surface area contributed by atoms with E-state index < -0.39 is 5.97 Å². The number of hydrogen-bond donors (Lipinski definition) is 1. The van der Waals surface area contributed by atoms with Crippen LogP contribution in [0, 0.1) is 6.92 Å². The lowest BCUT2D eigenvalue weighted by atomic mass is 10.1. The molecule has 0 atom stereocenters. The van der Waals surface area contributed by atoms with Crippen LogP contribution >= 0.6 is 11.3 Å². The molecule has 1 N–H and O–H groups in total. The molecule has 0 radical (unpaired) electrons. The van der Waals surface area contributed by atoms with E-state index >= 15 is 0 Å². The van der Waals surface area contributed by atoms with Crippen molar-refractivity contribution < 1.29 is 9.90 Å². The molecule has 0 spiro atoms. The molecule has 2 heterocycles. The number of rotatable bonds is 5. The minimum atomic E-state index is -0.857. The number of carboxylic acid groups (broad SMARTS) is 1. The summed E-state index contributed by atoms with van der Waals surface area (Å²) in [5.41, 5.74) is 1.88. The standard InChI is InChI=1S/C17H18N2O3S/c1-3-11-6-7-13-12(9-11)15-16(23-13)10(2)18-19(17(15)22)8-4-5-14(20)21/h6-7,9H,3-5,8H2,1-2H3,(H,20,21). The molecule has 0 aliphatic heterocycles. The molecule has 0 saturated carbocycles. The normalized spacial score (nSPS) is 11.4. The van der Waals surface area contributed by atoms with E-state index in [0.29, 0.717) is 18.4 Å². The molecule has 0 unspecified atom stereocenters. The summed E-state index contributed by atoms with van der Waals surface area (Å²) < 4.78 is 3.42. The summed E-state index contributed by atoms with van der Waals surface area (Å²) in [6.45, 7) is 4.31. The predicted octanol–water partition coefficient (Wildman–Crippen LogP) is 3.35. The second-order valence-electron chi connectivity index (χ2n) is 5.60. The maximum absolute atomic E-state index is 12.8. The Morgan fingerprint density at radius 1 is 1.39 bits per heavy atom. The smallest absolute Gasteiger partial charge is 0.303 e. The Labute approximate surface area is 137 Å². The highest BCUT2D eigenvalue weighted by molar-refractivity contribution is 7.26. The molecule has 6 heteroatoms. The number of aryl methyl sites for hydroxylation is 3. The lowest BCUT2D eigenvalue weighted by molar-refractivity contribution is -0.137. The van der Waals surface area contributed by atoms with Crippen LogP contribution in [0.2, 0.25) is 0 Å². The number of aromatic nitrogens is 2. The number of thiophene rings is 1. The second-order valence-corrected chi connectivity index (χ2v) is 6.65. The van der Waals surface area contributed by atoms with E-state index in [0.717, 1.165) is 26.9 Å². The Bertz CT molecular complexity index is 956. The molecule has 0 bridgehead atoms. The second kappa shape index (κ2) is 6.12. The molecule has 0 aliphatic rings. The fraction of sp³-hybridized carbons (Fsp3) is 0.353. The molecule has 0 fully saturated rings. The fourth-order valence-electron chi connectivity index (χ4n) is 2.76. The van der Waals surface area contributed by atoms with Crippen LogP contribution in [0.5, 0.6) is 0 Å². The van der Waals surface area contributed by atoms with Gasteiger partial charge in [0.2, 0.25) is 0 Å². The summed E-state index contributed by atoms with van der Waals surface area (Å²) in [4.78, 5) is 23.4. The Kier molecular flexibility index (Phi) is 4.17. The summed E-state index contributed by atoms with van der Waals surface area (Å²) in [5.74, 6) is -0.857. The summed E-state index contributed by atoms with van der Waals surface area (Å²) in [5, 5.41) is 14.8. The number of carboxylic acids is 1. The molecule has 120 valence electrons. The van der Waals surface area contributed by atoms with Gasteiger partial charge in [-0.05, 0) is 37.5 Å². The van der Waals surface area contributed by atoms with Gasteiger partial charge < -0.3 is 5.11 Å². The molecular formula is C17H18N2O3S. The van der Waals surface area contributed by atoms with Crippen LogP contribution in [0.4, 0.5) is 0 Å². The first-order valence-corrected chi connectivity index (χ1v) is 8.47. The minimum Gasteiger partial charge on any atom is -0.481 e. The highest BCUT2D eigenvalue weighted by Gasteiger charge is 2.15. The van der Waals surface area contributed by atoms with Gasteiger partial charge in [0.25, 0.3) is 5.56 Å². The van der Waals surface area contributed by atoms with Crippen molar-refractivity contribution in [1.82, 2.24) is 9.78 Å². The monoisotopic (exact) mass is 330 g/mol. The van der Waals surface area contributed by atoms with Crippen LogP contribution in [0.15, 0.2) is 23.0 Å². The average Bonchev–Trinajstić information content (AvgIpc) is 2.91. The minimum absolute atomic E-state index is 0.0373. The Morgan fingerprint density at radius 2 is 2.17 bits per heavy atom. The number of fused-ring (bicyclic) bond motifs is 3. The Hall–Kier alpha value is -2.21. The van der Waals surface area contributed by atoms with Gasteiger partial charge in [-0.1, -0.05) is 13.0 Å². The van der Waals surface area contributed by atoms with E-state index in [-0.39, 0.29) is 12.0 Å². The van der Waals surface area contributed by atoms with Gasteiger partial charge in [-0.25, -0.2) is 4.68 Å². The first-order chi connectivity index (χ1) is 11.0. The zero-order chi connectivity index (χ0) is 16.6. The number of hydrogen-bond acceptors (Lipinski definition) is 4. The quantitative estimate of drug-likeness (QED) is 0.779. The van der Waals surface area contributed by atoms with E-state index in [1.54, 1.807) is 11.3 Å². The molecule has 2 aromatic heterocycles. The van der Waals surface area contributed by atoms with E-state index in [9.17, 15) is 9.59 Å². The first kappa shape index (κ1) is 15.7. The Balaban J connectivity index is 2.17. The highest BCUT2D eigenvalue weighted by atomic mass is 32.1. The maximum atomic E-state index is 12.8. The van der Waals surface area contributed by atoms with Crippen LogP contribution in [0.3, 0.4) is 0 Å². The van der Waals surface area contributed by atoms with Crippen molar-refractivity contribution >= 4 is 37.5 Å². The molecule has 0 saturated heterocycles. The van der Waals surface area contributed by atoms with Gasteiger partial charge in [0.05, 0.1) is 15.8 Å². The van der Waals surface area contributed by atoms with Gasteiger partial charge in [-0.2, -0.15) is 5.10 Å². The molecular weight excluding hydrogens is 312 g/mol. The summed E-state index contributed by atoms with van der Waals surface area (Å²) in [7, 11) is 0. The van der Waals surface area contributed by atoms with Crippen molar-refractivity contribution in [2.45, 2.75) is 39.7 Å². The molecule has 0 amide bonds. The predicted molar refractivity (Wildman–Crippen MR) is 92.4 cm³/mol. The van der Waals surface area contributed by atoms with Gasteiger partial charge in [0.1, 0.15) is 0 Å². The topological polar surface area (TPSA) is 72.2 Å². The van der Waals surface area contributed by atoms with Gasteiger partial charge in [0, 0.05) is 23.1 Å². The number of carbonyl (C=O) groups is 1. The van der Waals surface area contributed by atoms with E-state index in [1.165, 1.54) is 10.2 Å². The van der Waals surface area contributed by atoms with Gasteiger partial charge in [0.15, 0.2) is 0 Å². The van der Waals surface area contributed by atoms with Crippen LogP contribution in [-0.2, 0) is 17.8 Å². The van der Waals surface area contributed by atoms with E-state index in [4.69, 9.17) is 5.11 Å². The largest absolute Gasteiger partial charge is 0.481 e. The first-order valence-electron chi connectivity index (χ1n) is 7.66. The zero-order valence-corrected chi connectivity index (χ0v) is 13.9. The van der Waals surface area contributed by atoms with E-state index in [2.05, 4.69) is 30.2 Å². The summed E-state index contributed by atoms with van der Waals surface area (Å²) >= 11 is 1.59. The third kappa shape index (κ3) is 2.86. The molecule has 23 heavy (non-hydrogen) atoms. The fourth-order valence-corrected chi connectivity index (χ4v) is 3.88. The SMILES string of the molecule is CCc1ccc2sc3c(C)nn(CCCC(=O)O)c(=O)c3c2c1. The van der Waals surface area contributed by atoms with Gasteiger partial charge >= 0.3 is 5.97 Å². The van der Waals surface area contributed by atoms with Crippen LogP contribution < -0.4 is 5.56 Å². The Morgan fingerprint density at radius 3 is 2.87 bits per heavy atom. The molecule has 0 aliphatic carbocycles. The third-order valence-electron chi connectivity index (χ3n) is 3.97. The van der Waals surface area contributed by atoms with Crippen molar-refractivity contribution in [3.05, 3.63) is 39.8 Å². The molecule has 3 aromatic rings. The molecule has 1 aromatic carbocycles. The number of benzene rings is 1. The van der Waals surface area contributed by atoms with Crippen molar-refractivity contribution in [3.63, 3.8) is 0 Å². The van der Waals surface area contributed by atoms with Crippen molar-refractivity contribution in [2.24, 2.45) is 0 Å². The van der Waals surface area contributed by atoms with Crippen LogP contribution in [-0.4, -0.2) is 20.9 Å². The van der Waals surface area contributed by atoms with Gasteiger partial charge in [-0.3, -0.25) is 9.59 Å². The zero-order valence-electron chi connectivity index (χ0n) is 13.1. The molecule has 3 rings (SSSR count). The van der Waals surface area contributed by atoms with Crippen molar-refractivity contribution in [3.8, 4) is 0 Å². The lowest BCUT2D eigenvalue weighted by Gasteiger charge is -2.06. The van der Waals surface area contributed by atoms with Crippen LogP contribution in [0.25, 0.3) is 20.2 Å². The lowest BCUT2D eigenvalue weighted by Crippen LogP contribution is -2.24. The molecule has 5 nitrogen and oxygen atoms in total. The van der Waals surface area contributed by atoms with Crippen LogP contribution in [0.1, 0.15) is 31.0 Å². The highest BCUT2D eigenvalue weighted by Crippen LogP contribution is 2.33. The van der Waals surface area contributed by atoms with Crippen molar-refractivity contribution in [2.75, 3.05) is 0 Å². The average molecular weight is 330 g/mol. The summed E-state index contributed by atoms with van der Waals surface area (Å²) in [6, 6.07) is 6.23. The summed E-state index contributed by atoms with van der Waals surface area (Å²) in [6.07, 6.45) is 1.36. The number of nitrogens with zero attached hydrogens (tertiary/aromatic N) is 2. The maximum Gasteiger partial charge on any atom is 0.303 e. The van der Waals surface area contributed by atoms with Crippen molar-refractivity contribution in [1.29, 1.82) is 0 Å².